The zero-order valence-electron chi connectivity index (χ0n) is 11.4. The van der Waals surface area contributed by atoms with Gasteiger partial charge in [0.15, 0.2) is 0 Å². The minimum atomic E-state index is 0.822. The first kappa shape index (κ1) is 12.1. The summed E-state index contributed by atoms with van der Waals surface area (Å²) in [7, 11) is 4.21. The van der Waals surface area contributed by atoms with Crippen LogP contribution in [0.3, 0.4) is 0 Å². The van der Waals surface area contributed by atoms with E-state index in [1.54, 1.807) is 0 Å². The number of hydrogen-bond donors (Lipinski definition) is 1. The van der Waals surface area contributed by atoms with Crippen molar-refractivity contribution in [3.05, 3.63) is 42.5 Å². The van der Waals surface area contributed by atoms with Gasteiger partial charge in [-0.15, -0.1) is 0 Å². The molecular weight excluding hydrogens is 234 g/mol. The Hall–Kier alpha value is -2.00. The molecule has 0 amide bonds. The highest BCUT2D eigenvalue weighted by molar-refractivity contribution is 6.08. The number of nitrogens with two attached hydrogens (primary N) is 1. The van der Waals surface area contributed by atoms with Gasteiger partial charge in [-0.25, -0.2) is 0 Å². The lowest BCUT2D eigenvalue weighted by Gasteiger charge is -2.12. The van der Waals surface area contributed by atoms with Gasteiger partial charge < -0.3 is 15.2 Å². The standard InChI is InChI=1S/C16H19N3/c1-18(2)9-10-19-15-6-4-3-5-13(15)14-11-12(17)7-8-16(14)19/h3-8,11H,9-10,17H2,1-2H3. The molecule has 2 aromatic carbocycles. The third-order valence-electron chi connectivity index (χ3n) is 3.57. The molecule has 19 heavy (non-hydrogen) atoms. The lowest BCUT2D eigenvalue weighted by atomic mass is 10.1. The molecule has 3 rings (SSSR count). The van der Waals surface area contributed by atoms with Crippen LogP contribution in [0.1, 0.15) is 0 Å². The Balaban J connectivity index is 2.26. The summed E-state index contributed by atoms with van der Waals surface area (Å²) < 4.78 is 2.38. The molecule has 2 N–H and O–H groups in total. The predicted molar refractivity (Wildman–Crippen MR) is 82.4 cm³/mol. The van der Waals surface area contributed by atoms with Gasteiger partial charge >= 0.3 is 0 Å². The SMILES string of the molecule is CN(C)CCn1c2ccccc2c2cc(N)ccc21. The van der Waals surface area contributed by atoms with Crippen LogP contribution in [-0.2, 0) is 6.54 Å². The van der Waals surface area contributed by atoms with Crippen LogP contribution in [0.15, 0.2) is 42.5 Å². The van der Waals surface area contributed by atoms with Crippen molar-refractivity contribution < 1.29 is 0 Å². The Morgan fingerprint density at radius 2 is 1.74 bits per heavy atom. The van der Waals surface area contributed by atoms with Crippen LogP contribution in [0.5, 0.6) is 0 Å². The Kier molecular flexibility index (Phi) is 2.91. The lowest BCUT2D eigenvalue weighted by molar-refractivity contribution is 0.389. The molecule has 0 aliphatic heterocycles. The summed E-state index contributed by atoms with van der Waals surface area (Å²) in [6, 6.07) is 14.7. The van der Waals surface area contributed by atoms with Gasteiger partial charge in [0.2, 0.25) is 0 Å². The lowest BCUT2D eigenvalue weighted by Crippen LogP contribution is -2.18. The molecule has 0 saturated carbocycles. The van der Waals surface area contributed by atoms with Crippen LogP contribution in [0, 0.1) is 0 Å². The minimum absolute atomic E-state index is 0.822. The number of aromatic nitrogens is 1. The second-order valence-corrected chi connectivity index (χ2v) is 5.25. The average Bonchev–Trinajstić information content (AvgIpc) is 2.70. The van der Waals surface area contributed by atoms with Crippen molar-refractivity contribution in [1.82, 2.24) is 9.47 Å². The van der Waals surface area contributed by atoms with E-state index in [0.29, 0.717) is 0 Å². The van der Waals surface area contributed by atoms with Gasteiger partial charge in [-0.1, -0.05) is 18.2 Å². The van der Waals surface area contributed by atoms with E-state index in [4.69, 9.17) is 5.73 Å². The fourth-order valence-corrected chi connectivity index (χ4v) is 2.61. The average molecular weight is 253 g/mol. The Bertz CT molecular complexity index is 725. The van der Waals surface area contributed by atoms with E-state index in [0.717, 1.165) is 18.8 Å². The number of nitrogen functional groups attached to an aromatic ring is 1. The summed E-state index contributed by atoms with van der Waals surface area (Å²) in [5.41, 5.74) is 9.29. The fourth-order valence-electron chi connectivity index (χ4n) is 2.61. The van der Waals surface area contributed by atoms with E-state index in [1.807, 2.05) is 6.07 Å². The summed E-state index contributed by atoms with van der Waals surface area (Å²) in [6.45, 7) is 2.01. The van der Waals surface area contributed by atoms with Crippen LogP contribution in [0.25, 0.3) is 21.8 Å². The van der Waals surface area contributed by atoms with E-state index in [9.17, 15) is 0 Å². The molecule has 0 aliphatic carbocycles. The van der Waals surface area contributed by atoms with Gasteiger partial charge in [0.1, 0.15) is 0 Å². The second kappa shape index (κ2) is 4.59. The summed E-state index contributed by atoms with van der Waals surface area (Å²) in [4.78, 5) is 2.21. The number of anilines is 1. The smallest absolute Gasteiger partial charge is 0.0493 e. The van der Waals surface area contributed by atoms with Crippen LogP contribution in [0.4, 0.5) is 5.69 Å². The first-order valence-electron chi connectivity index (χ1n) is 6.58. The first-order valence-corrected chi connectivity index (χ1v) is 6.58. The van der Waals surface area contributed by atoms with Crippen LogP contribution < -0.4 is 5.73 Å². The molecule has 1 aromatic heterocycles. The molecule has 0 atom stereocenters. The van der Waals surface area contributed by atoms with Gasteiger partial charge in [-0.2, -0.15) is 0 Å². The van der Waals surface area contributed by atoms with Gasteiger partial charge in [0.25, 0.3) is 0 Å². The number of fused-ring (bicyclic) bond motifs is 3. The van der Waals surface area contributed by atoms with Crippen molar-refractivity contribution >= 4 is 27.5 Å². The molecule has 0 radical (unpaired) electrons. The van der Waals surface area contributed by atoms with Gasteiger partial charge in [0, 0.05) is 40.6 Å². The number of para-hydroxylation sites is 1. The number of likely N-dealkylation sites (N-methyl/N-ethyl adjacent to an activating group) is 1. The van der Waals surface area contributed by atoms with Gasteiger partial charge in [0.05, 0.1) is 0 Å². The topological polar surface area (TPSA) is 34.2 Å². The number of nitrogens with zero attached hydrogens (tertiary/aromatic N) is 2. The van der Waals surface area contributed by atoms with Crippen LogP contribution >= 0.6 is 0 Å². The molecule has 0 bridgehead atoms. The molecule has 3 heteroatoms. The third kappa shape index (κ3) is 2.06. The Morgan fingerprint density at radius 3 is 2.53 bits per heavy atom. The summed E-state index contributed by atoms with van der Waals surface area (Å²) in [5.74, 6) is 0. The fraction of sp³-hybridized carbons (Fsp3) is 0.250. The summed E-state index contributed by atoms with van der Waals surface area (Å²) in [6.07, 6.45) is 0. The first-order chi connectivity index (χ1) is 9.16. The van der Waals surface area contributed by atoms with E-state index in [1.165, 1.54) is 21.8 Å². The minimum Gasteiger partial charge on any atom is -0.399 e. The zero-order valence-corrected chi connectivity index (χ0v) is 11.4. The van der Waals surface area contributed by atoms with E-state index >= 15 is 0 Å². The Morgan fingerprint density at radius 1 is 1.00 bits per heavy atom. The van der Waals surface area contributed by atoms with E-state index < -0.39 is 0 Å². The number of rotatable bonds is 3. The van der Waals surface area contributed by atoms with Crippen molar-refractivity contribution in [3.8, 4) is 0 Å². The third-order valence-corrected chi connectivity index (χ3v) is 3.57. The molecular formula is C16H19N3. The van der Waals surface area contributed by atoms with Crippen molar-refractivity contribution in [1.29, 1.82) is 0 Å². The Labute approximate surface area is 113 Å². The van der Waals surface area contributed by atoms with E-state index in [-0.39, 0.29) is 0 Å². The summed E-state index contributed by atoms with van der Waals surface area (Å²) >= 11 is 0. The molecule has 98 valence electrons. The quantitative estimate of drug-likeness (QED) is 0.728. The number of hydrogen-bond acceptors (Lipinski definition) is 2. The van der Waals surface area contributed by atoms with Crippen LogP contribution in [-0.4, -0.2) is 30.1 Å². The maximum absolute atomic E-state index is 5.93. The summed E-state index contributed by atoms with van der Waals surface area (Å²) in [5, 5.41) is 2.53. The number of benzene rings is 2. The highest BCUT2D eigenvalue weighted by atomic mass is 15.1. The predicted octanol–water partition coefficient (Wildman–Crippen LogP) is 2.94. The van der Waals surface area contributed by atoms with Crippen molar-refractivity contribution in [2.75, 3.05) is 26.4 Å². The van der Waals surface area contributed by atoms with Gasteiger partial charge in [-0.3, -0.25) is 0 Å². The molecule has 3 aromatic rings. The molecule has 3 nitrogen and oxygen atoms in total. The second-order valence-electron chi connectivity index (χ2n) is 5.25. The molecule has 0 unspecified atom stereocenters. The molecule has 1 heterocycles. The zero-order chi connectivity index (χ0) is 13.4. The van der Waals surface area contributed by atoms with Gasteiger partial charge in [-0.05, 0) is 38.4 Å². The van der Waals surface area contributed by atoms with Crippen LogP contribution in [0.2, 0.25) is 0 Å². The molecule has 0 fully saturated rings. The molecule has 0 spiro atoms. The normalized spacial score (nSPS) is 11.7. The van der Waals surface area contributed by atoms with Crippen molar-refractivity contribution in [2.45, 2.75) is 6.54 Å². The largest absolute Gasteiger partial charge is 0.399 e. The monoisotopic (exact) mass is 253 g/mol. The molecule has 0 aliphatic rings. The highest BCUT2D eigenvalue weighted by Gasteiger charge is 2.10. The van der Waals surface area contributed by atoms with Crippen molar-refractivity contribution in [2.24, 2.45) is 0 Å². The van der Waals surface area contributed by atoms with Crippen molar-refractivity contribution in [3.63, 3.8) is 0 Å². The molecule has 0 saturated heterocycles. The maximum Gasteiger partial charge on any atom is 0.0493 e. The maximum atomic E-state index is 5.93. The van der Waals surface area contributed by atoms with E-state index in [2.05, 4.69) is 60.0 Å². The highest BCUT2D eigenvalue weighted by Crippen LogP contribution is 2.30.